The molecule has 0 unspecified atom stereocenters. The summed E-state index contributed by atoms with van der Waals surface area (Å²) in [5.74, 6) is 0.403. The van der Waals surface area contributed by atoms with E-state index in [1.807, 2.05) is 50.8 Å². The van der Waals surface area contributed by atoms with Gasteiger partial charge in [-0.25, -0.2) is 0 Å². The molecule has 1 fully saturated rings. The third-order valence-corrected chi connectivity index (χ3v) is 4.92. The topological polar surface area (TPSA) is 40.5 Å². The lowest BCUT2D eigenvalue weighted by molar-refractivity contribution is -0.135. The van der Waals surface area contributed by atoms with Crippen LogP contribution in [0.3, 0.4) is 0 Å². The number of hydrogen-bond donors (Lipinski definition) is 1. The maximum Gasteiger partial charge on any atom is 0.223 e. The smallest absolute Gasteiger partial charge is 0.223 e. The second-order valence-electron chi connectivity index (χ2n) is 7.22. The molecule has 1 heterocycles. The van der Waals surface area contributed by atoms with Crippen molar-refractivity contribution in [3.8, 4) is 0 Å². The predicted molar refractivity (Wildman–Crippen MR) is 85.1 cm³/mol. The Morgan fingerprint density at radius 2 is 1.86 bits per heavy atom. The number of carbonyl (C=O) groups is 1. The summed E-state index contributed by atoms with van der Waals surface area (Å²) in [5.41, 5.74) is 0.130. The highest BCUT2D eigenvalue weighted by Gasteiger charge is 2.43. The van der Waals surface area contributed by atoms with Crippen LogP contribution in [0.2, 0.25) is 0 Å². The van der Waals surface area contributed by atoms with Gasteiger partial charge in [-0.1, -0.05) is 58.0 Å². The molecular weight excluding hydrogens is 262 g/mol. The Hall–Kier alpha value is -1.35. The van der Waals surface area contributed by atoms with Gasteiger partial charge in [-0.15, -0.1) is 0 Å². The van der Waals surface area contributed by atoms with Crippen LogP contribution in [0.25, 0.3) is 0 Å². The van der Waals surface area contributed by atoms with Crippen LogP contribution in [0.5, 0.6) is 0 Å². The fourth-order valence-electron chi connectivity index (χ4n) is 3.07. The van der Waals surface area contributed by atoms with Gasteiger partial charge >= 0.3 is 0 Å². The van der Waals surface area contributed by atoms with Gasteiger partial charge in [-0.05, 0) is 17.4 Å². The zero-order valence-corrected chi connectivity index (χ0v) is 13.6. The van der Waals surface area contributed by atoms with Crippen LogP contribution in [0.1, 0.15) is 52.0 Å². The van der Waals surface area contributed by atoms with Crippen molar-refractivity contribution >= 4 is 5.91 Å². The highest BCUT2D eigenvalue weighted by molar-refractivity contribution is 5.79. The minimum absolute atomic E-state index is 0.153. The van der Waals surface area contributed by atoms with Gasteiger partial charge in [0.2, 0.25) is 5.91 Å². The molecule has 1 aliphatic heterocycles. The Kier molecular flexibility index (Phi) is 4.43. The van der Waals surface area contributed by atoms with E-state index in [0.29, 0.717) is 25.9 Å². The zero-order valence-electron chi connectivity index (χ0n) is 13.6. The molecule has 3 nitrogen and oxygen atoms in total. The van der Waals surface area contributed by atoms with Gasteiger partial charge in [0, 0.05) is 25.4 Å². The van der Waals surface area contributed by atoms with Crippen molar-refractivity contribution in [3.05, 3.63) is 35.9 Å². The van der Waals surface area contributed by atoms with E-state index in [0.717, 1.165) is 0 Å². The van der Waals surface area contributed by atoms with Gasteiger partial charge in [0.1, 0.15) is 0 Å². The van der Waals surface area contributed by atoms with E-state index in [4.69, 9.17) is 0 Å². The Balaban J connectivity index is 2.11. The maximum absolute atomic E-state index is 12.3. The normalized spacial score (nSPS) is 22.4. The molecule has 116 valence electrons. The standard InChI is InChI=1S/C18H27NO2/c1-5-18(21,17(2,3)4)13-19-12-15(11-16(19)20)14-9-7-6-8-10-14/h6-10,15,21H,5,11-13H2,1-4H3/t15-,18-/m1/s1. The van der Waals surface area contributed by atoms with Crippen LogP contribution in [0, 0.1) is 5.41 Å². The molecule has 1 aromatic carbocycles. The van der Waals surface area contributed by atoms with Gasteiger partial charge in [0.25, 0.3) is 0 Å². The minimum atomic E-state index is -0.839. The van der Waals surface area contributed by atoms with Crippen LogP contribution in [0.15, 0.2) is 30.3 Å². The number of benzene rings is 1. The van der Waals surface area contributed by atoms with Crippen molar-refractivity contribution in [2.24, 2.45) is 5.41 Å². The zero-order chi connectivity index (χ0) is 15.7. The summed E-state index contributed by atoms with van der Waals surface area (Å²) in [6, 6.07) is 10.2. The Morgan fingerprint density at radius 1 is 1.24 bits per heavy atom. The highest BCUT2D eigenvalue weighted by Crippen LogP contribution is 2.36. The average Bonchev–Trinajstić information content (AvgIpc) is 2.79. The number of likely N-dealkylation sites (tertiary alicyclic amines) is 1. The summed E-state index contributed by atoms with van der Waals surface area (Å²) in [6.07, 6.45) is 1.20. The molecule has 21 heavy (non-hydrogen) atoms. The lowest BCUT2D eigenvalue weighted by atomic mass is 9.74. The van der Waals surface area contributed by atoms with Gasteiger partial charge < -0.3 is 10.0 Å². The molecule has 1 saturated heterocycles. The fraction of sp³-hybridized carbons (Fsp3) is 0.611. The third-order valence-electron chi connectivity index (χ3n) is 4.92. The minimum Gasteiger partial charge on any atom is -0.388 e. The van der Waals surface area contributed by atoms with E-state index in [2.05, 4.69) is 12.1 Å². The SMILES string of the molecule is CC[C@@](O)(CN1C[C@H](c2ccccc2)CC1=O)C(C)(C)C. The summed E-state index contributed by atoms with van der Waals surface area (Å²) in [6.45, 7) is 9.22. The van der Waals surface area contributed by atoms with Gasteiger partial charge in [-0.2, -0.15) is 0 Å². The molecule has 2 atom stereocenters. The summed E-state index contributed by atoms with van der Waals surface area (Å²) < 4.78 is 0. The molecule has 1 aliphatic rings. The van der Waals surface area contributed by atoms with Gasteiger partial charge in [0.15, 0.2) is 0 Å². The van der Waals surface area contributed by atoms with E-state index in [1.165, 1.54) is 5.56 Å². The molecule has 0 aliphatic carbocycles. The van der Waals surface area contributed by atoms with Crippen molar-refractivity contribution in [2.45, 2.75) is 52.1 Å². The molecule has 0 radical (unpaired) electrons. The van der Waals surface area contributed by atoms with Gasteiger partial charge in [0.05, 0.1) is 5.60 Å². The molecular formula is C18H27NO2. The number of carbonyl (C=O) groups excluding carboxylic acids is 1. The average molecular weight is 289 g/mol. The molecule has 1 N–H and O–H groups in total. The van der Waals surface area contributed by atoms with Crippen LogP contribution in [0.4, 0.5) is 0 Å². The first-order valence-corrected chi connectivity index (χ1v) is 7.82. The van der Waals surface area contributed by atoms with Crippen LogP contribution in [-0.2, 0) is 4.79 Å². The fourth-order valence-corrected chi connectivity index (χ4v) is 3.07. The number of hydrogen-bond acceptors (Lipinski definition) is 2. The number of β-amino-alcohol motifs (C(OH)–C–C–N with tert-alkyl or cyclic N) is 1. The molecule has 0 aromatic heterocycles. The third kappa shape index (κ3) is 3.29. The van der Waals surface area contributed by atoms with E-state index in [1.54, 1.807) is 0 Å². The molecule has 0 spiro atoms. The lowest BCUT2D eigenvalue weighted by Gasteiger charge is -2.42. The molecule has 1 amide bonds. The first-order valence-electron chi connectivity index (χ1n) is 7.82. The van der Waals surface area contributed by atoms with Crippen molar-refractivity contribution in [2.75, 3.05) is 13.1 Å². The Morgan fingerprint density at radius 3 is 2.38 bits per heavy atom. The van der Waals surface area contributed by atoms with Crippen molar-refractivity contribution in [3.63, 3.8) is 0 Å². The second kappa shape index (κ2) is 5.80. The van der Waals surface area contributed by atoms with Crippen molar-refractivity contribution < 1.29 is 9.90 Å². The lowest BCUT2D eigenvalue weighted by Crippen LogP contribution is -2.51. The Bertz CT molecular complexity index is 492. The van der Waals surface area contributed by atoms with E-state index < -0.39 is 5.60 Å². The second-order valence-corrected chi connectivity index (χ2v) is 7.22. The predicted octanol–water partition coefficient (Wildman–Crippen LogP) is 3.19. The van der Waals surface area contributed by atoms with Crippen molar-refractivity contribution in [1.82, 2.24) is 4.90 Å². The number of rotatable bonds is 4. The molecule has 3 heteroatoms. The van der Waals surface area contributed by atoms with Crippen LogP contribution >= 0.6 is 0 Å². The van der Waals surface area contributed by atoms with Gasteiger partial charge in [-0.3, -0.25) is 4.79 Å². The summed E-state index contributed by atoms with van der Waals surface area (Å²) in [4.78, 5) is 14.1. The first kappa shape index (κ1) is 16.0. The monoisotopic (exact) mass is 289 g/mol. The maximum atomic E-state index is 12.3. The van der Waals surface area contributed by atoms with E-state index in [9.17, 15) is 9.90 Å². The summed E-state index contributed by atoms with van der Waals surface area (Å²) in [5, 5.41) is 10.9. The highest BCUT2D eigenvalue weighted by atomic mass is 16.3. The molecule has 1 aromatic rings. The quantitative estimate of drug-likeness (QED) is 0.924. The number of amides is 1. The summed E-state index contributed by atoms with van der Waals surface area (Å²) in [7, 11) is 0. The van der Waals surface area contributed by atoms with E-state index in [-0.39, 0.29) is 17.2 Å². The molecule has 0 bridgehead atoms. The first-order chi connectivity index (χ1) is 9.77. The molecule has 2 rings (SSSR count). The van der Waals surface area contributed by atoms with Crippen LogP contribution in [-0.4, -0.2) is 34.6 Å². The van der Waals surface area contributed by atoms with E-state index >= 15 is 0 Å². The van der Waals surface area contributed by atoms with Crippen LogP contribution < -0.4 is 0 Å². The Labute approximate surface area is 128 Å². The summed E-state index contributed by atoms with van der Waals surface area (Å²) >= 11 is 0. The largest absolute Gasteiger partial charge is 0.388 e. The number of aliphatic hydroxyl groups is 1. The molecule has 0 saturated carbocycles. The van der Waals surface area contributed by atoms with Crippen molar-refractivity contribution in [1.29, 1.82) is 0 Å². The number of nitrogens with zero attached hydrogens (tertiary/aromatic N) is 1.